The molecule has 2 aromatic rings. The minimum absolute atomic E-state index is 0.268. The van der Waals surface area contributed by atoms with E-state index < -0.39 is 0 Å². The third kappa shape index (κ3) is 2.43. The number of aromatic nitrogens is 4. The van der Waals surface area contributed by atoms with Crippen molar-refractivity contribution < 1.29 is 0 Å². The van der Waals surface area contributed by atoms with E-state index >= 15 is 0 Å². The summed E-state index contributed by atoms with van der Waals surface area (Å²) in [5, 5.41) is 7.37. The van der Waals surface area contributed by atoms with Gasteiger partial charge in [-0.1, -0.05) is 6.92 Å². The molecule has 0 unspecified atom stereocenters. The molecule has 0 atom stereocenters. The van der Waals surface area contributed by atoms with E-state index in [0.717, 1.165) is 54.8 Å². The Bertz CT molecular complexity index is 581. The number of aryl methyl sites for hydroxylation is 1. The van der Waals surface area contributed by atoms with Gasteiger partial charge in [-0.3, -0.25) is 5.10 Å². The average Bonchev–Trinajstić information content (AvgIpc) is 3.08. The maximum atomic E-state index is 5.85. The van der Waals surface area contributed by atoms with Crippen LogP contribution in [0.2, 0.25) is 0 Å². The molecule has 6 nitrogen and oxygen atoms in total. The number of nitrogens with two attached hydrogens (primary N) is 1. The zero-order chi connectivity index (χ0) is 14.2. The quantitative estimate of drug-likeness (QED) is 0.901. The molecule has 3 N–H and O–H groups in total. The van der Waals surface area contributed by atoms with Gasteiger partial charge in [0.1, 0.15) is 0 Å². The number of H-pyrrole nitrogens is 1. The Hall–Kier alpha value is -1.47. The minimum atomic E-state index is 0.268. The molecule has 0 radical (unpaired) electrons. The first-order valence-corrected chi connectivity index (χ1v) is 7.77. The number of hydrogen-bond donors (Lipinski definition) is 2. The first-order valence-electron chi connectivity index (χ1n) is 6.89. The van der Waals surface area contributed by atoms with Gasteiger partial charge in [0.05, 0.1) is 16.1 Å². The summed E-state index contributed by atoms with van der Waals surface area (Å²) >= 11 is 1.59. The molecule has 0 aliphatic carbocycles. The van der Waals surface area contributed by atoms with Crippen LogP contribution in [0.25, 0.3) is 10.7 Å². The van der Waals surface area contributed by atoms with Gasteiger partial charge >= 0.3 is 0 Å². The molecule has 2 aromatic heterocycles. The zero-order valence-corrected chi connectivity index (χ0v) is 12.7. The summed E-state index contributed by atoms with van der Waals surface area (Å²) in [6.45, 7) is 6.93. The van der Waals surface area contributed by atoms with E-state index in [-0.39, 0.29) is 5.41 Å². The lowest BCUT2D eigenvalue weighted by Gasteiger charge is -2.38. The summed E-state index contributed by atoms with van der Waals surface area (Å²) in [5.41, 5.74) is 8.94. The molecule has 3 heterocycles. The van der Waals surface area contributed by atoms with Crippen molar-refractivity contribution in [2.24, 2.45) is 11.1 Å². The number of aromatic amines is 1. The number of anilines is 1. The lowest BCUT2D eigenvalue weighted by molar-refractivity contribution is 0.257. The molecular weight excluding hydrogens is 272 g/mol. The van der Waals surface area contributed by atoms with Crippen molar-refractivity contribution in [1.29, 1.82) is 0 Å². The summed E-state index contributed by atoms with van der Waals surface area (Å²) in [4.78, 5) is 12.1. The molecule has 1 saturated heterocycles. The third-order valence-corrected chi connectivity index (χ3v) is 5.12. The highest BCUT2D eigenvalue weighted by molar-refractivity contribution is 7.13. The number of thiazole rings is 1. The molecule has 108 valence electrons. The fourth-order valence-corrected chi connectivity index (χ4v) is 3.22. The molecular formula is C13H20N6S. The largest absolute Gasteiger partial charge is 0.339 e. The third-order valence-electron chi connectivity index (χ3n) is 4.18. The number of piperidine rings is 1. The summed E-state index contributed by atoms with van der Waals surface area (Å²) in [5.74, 6) is 1.60. The van der Waals surface area contributed by atoms with Gasteiger partial charge in [0, 0.05) is 13.1 Å². The predicted molar refractivity (Wildman–Crippen MR) is 80.8 cm³/mol. The Kier molecular flexibility index (Phi) is 3.47. The Labute approximate surface area is 122 Å². The van der Waals surface area contributed by atoms with Crippen LogP contribution in [0.5, 0.6) is 0 Å². The van der Waals surface area contributed by atoms with Crippen molar-refractivity contribution >= 4 is 17.3 Å². The Morgan fingerprint density at radius 3 is 2.80 bits per heavy atom. The summed E-state index contributed by atoms with van der Waals surface area (Å²) in [7, 11) is 0. The van der Waals surface area contributed by atoms with Crippen LogP contribution in [0.4, 0.5) is 5.95 Å². The highest BCUT2D eigenvalue weighted by Crippen LogP contribution is 2.31. The Morgan fingerprint density at radius 2 is 2.20 bits per heavy atom. The molecule has 0 amide bonds. The van der Waals surface area contributed by atoms with Crippen molar-refractivity contribution in [3.05, 3.63) is 11.2 Å². The van der Waals surface area contributed by atoms with E-state index in [1.165, 1.54) is 0 Å². The van der Waals surface area contributed by atoms with Crippen molar-refractivity contribution in [2.75, 3.05) is 24.5 Å². The molecule has 7 heteroatoms. The fourth-order valence-electron chi connectivity index (χ4n) is 2.48. The molecule has 3 rings (SSSR count). The van der Waals surface area contributed by atoms with E-state index in [9.17, 15) is 0 Å². The first-order chi connectivity index (χ1) is 9.61. The predicted octanol–water partition coefficient (Wildman–Crippen LogP) is 1.80. The monoisotopic (exact) mass is 292 g/mol. The summed E-state index contributed by atoms with van der Waals surface area (Å²) < 4.78 is 0. The number of nitrogens with zero attached hydrogens (tertiary/aromatic N) is 4. The van der Waals surface area contributed by atoms with E-state index in [1.54, 1.807) is 11.3 Å². The van der Waals surface area contributed by atoms with Crippen molar-refractivity contribution in [2.45, 2.75) is 26.7 Å². The van der Waals surface area contributed by atoms with Crippen molar-refractivity contribution in [3.8, 4) is 10.7 Å². The summed E-state index contributed by atoms with van der Waals surface area (Å²) in [6, 6.07) is 0. The van der Waals surface area contributed by atoms with Gasteiger partial charge in [-0.05, 0) is 31.7 Å². The summed E-state index contributed by atoms with van der Waals surface area (Å²) in [6.07, 6.45) is 2.18. The van der Waals surface area contributed by atoms with Gasteiger partial charge < -0.3 is 10.6 Å². The smallest absolute Gasteiger partial charge is 0.245 e. The molecule has 0 aromatic carbocycles. The number of hydrogen-bond acceptors (Lipinski definition) is 6. The van der Waals surface area contributed by atoms with Crippen LogP contribution in [0, 0.1) is 12.3 Å². The van der Waals surface area contributed by atoms with Gasteiger partial charge in [-0.2, -0.15) is 4.98 Å². The maximum Gasteiger partial charge on any atom is 0.245 e. The van der Waals surface area contributed by atoms with E-state index in [2.05, 4.69) is 32.0 Å². The highest BCUT2D eigenvalue weighted by Gasteiger charge is 2.30. The Morgan fingerprint density at radius 1 is 1.45 bits per heavy atom. The van der Waals surface area contributed by atoms with E-state index in [4.69, 9.17) is 5.73 Å². The van der Waals surface area contributed by atoms with E-state index in [0.29, 0.717) is 0 Å². The van der Waals surface area contributed by atoms with Gasteiger partial charge in [-0.15, -0.1) is 16.4 Å². The van der Waals surface area contributed by atoms with Gasteiger partial charge in [0.25, 0.3) is 0 Å². The van der Waals surface area contributed by atoms with Crippen LogP contribution in [0.3, 0.4) is 0 Å². The van der Waals surface area contributed by atoms with Crippen LogP contribution in [0.1, 0.15) is 25.5 Å². The molecule has 0 saturated carbocycles. The van der Waals surface area contributed by atoms with Crippen LogP contribution >= 0.6 is 11.3 Å². The second kappa shape index (κ2) is 5.14. The minimum Gasteiger partial charge on any atom is -0.339 e. The average molecular weight is 292 g/mol. The van der Waals surface area contributed by atoms with Crippen LogP contribution in [-0.4, -0.2) is 39.8 Å². The van der Waals surface area contributed by atoms with Crippen molar-refractivity contribution in [1.82, 2.24) is 20.2 Å². The number of rotatable bonds is 3. The second-order valence-electron chi connectivity index (χ2n) is 5.75. The molecule has 20 heavy (non-hydrogen) atoms. The molecule has 1 fully saturated rings. The SMILES string of the molecule is Cc1ncsc1-c1nc(N2CCC(C)(CN)CC2)n[nH]1. The lowest BCUT2D eigenvalue weighted by atomic mass is 9.81. The molecule has 1 aliphatic heterocycles. The topological polar surface area (TPSA) is 83.7 Å². The van der Waals surface area contributed by atoms with Crippen LogP contribution < -0.4 is 10.6 Å². The first kappa shape index (κ1) is 13.5. The Balaban J connectivity index is 1.74. The number of nitrogens with one attached hydrogen (secondary N) is 1. The highest BCUT2D eigenvalue weighted by atomic mass is 32.1. The normalized spacial score (nSPS) is 18.4. The molecule has 0 spiro atoms. The van der Waals surface area contributed by atoms with Gasteiger partial charge in [0.15, 0.2) is 5.82 Å². The lowest BCUT2D eigenvalue weighted by Crippen LogP contribution is -2.42. The maximum absolute atomic E-state index is 5.85. The molecule has 0 bridgehead atoms. The standard InChI is InChI=1S/C13H20N6S/c1-9-10(20-8-15-9)11-16-12(18-17-11)19-5-3-13(2,7-14)4-6-19/h8H,3-7,14H2,1-2H3,(H,16,17,18). The molecule has 1 aliphatic rings. The van der Waals surface area contributed by atoms with E-state index in [1.807, 2.05) is 12.4 Å². The van der Waals surface area contributed by atoms with Crippen LogP contribution in [0.15, 0.2) is 5.51 Å². The zero-order valence-electron chi connectivity index (χ0n) is 11.9. The second-order valence-corrected chi connectivity index (χ2v) is 6.61. The van der Waals surface area contributed by atoms with Gasteiger partial charge in [0.2, 0.25) is 5.95 Å². The van der Waals surface area contributed by atoms with Gasteiger partial charge in [-0.25, -0.2) is 4.98 Å². The fraction of sp³-hybridized carbons (Fsp3) is 0.615. The van der Waals surface area contributed by atoms with Crippen LogP contribution in [-0.2, 0) is 0 Å². The van der Waals surface area contributed by atoms with Crippen molar-refractivity contribution in [3.63, 3.8) is 0 Å².